The van der Waals surface area contributed by atoms with Crippen LogP contribution in [-0.2, 0) is 4.79 Å². The Morgan fingerprint density at radius 1 is 1.27 bits per heavy atom. The SMILES string of the molecule is O=C(O)[C@@H]1CCCCN1C(=O)c1cccc(-n2cncn2)c1. The highest BCUT2D eigenvalue weighted by Gasteiger charge is 2.32. The molecule has 7 nitrogen and oxygen atoms in total. The molecule has 3 rings (SSSR count). The number of likely N-dealkylation sites (tertiary alicyclic amines) is 1. The molecule has 1 aliphatic rings. The summed E-state index contributed by atoms with van der Waals surface area (Å²) in [6.45, 7) is 0.476. The van der Waals surface area contributed by atoms with Crippen molar-refractivity contribution in [1.82, 2.24) is 19.7 Å². The van der Waals surface area contributed by atoms with E-state index >= 15 is 0 Å². The molecule has 1 fully saturated rings. The second kappa shape index (κ2) is 5.97. The van der Waals surface area contributed by atoms with E-state index in [4.69, 9.17) is 0 Å². The van der Waals surface area contributed by atoms with E-state index in [0.717, 1.165) is 12.8 Å². The Morgan fingerprint density at radius 3 is 2.86 bits per heavy atom. The Kier molecular flexibility index (Phi) is 3.86. The summed E-state index contributed by atoms with van der Waals surface area (Å²) in [5.41, 5.74) is 1.17. The van der Waals surface area contributed by atoms with Gasteiger partial charge in [0.25, 0.3) is 5.91 Å². The second-order valence-electron chi connectivity index (χ2n) is 5.24. The van der Waals surface area contributed by atoms with Crippen molar-refractivity contribution < 1.29 is 14.7 Å². The van der Waals surface area contributed by atoms with E-state index < -0.39 is 12.0 Å². The highest BCUT2D eigenvalue weighted by molar-refractivity contribution is 5.97. The number of rotatable bonds is 3. The normalized spacial score (nSPS) is 18.2. The lowest BCUT2D eigenvalue weighted by molar-refractivity contribution is -0.143. The van der Waals surface area contributed by atoms with Gasteiger partial charge in [0.1, 0.15) is 18.7 Å². The maximum Gasteiger partial charge on any atom is 0.326 e. The first-order valence-corrected chi connectivity index (χ1v) is 7.15. The number of amides is 1. The minimum atomic E-state index is -0.944. The molecule has 1 saturated heterocycles. The third-order valence-electron chi connectivity index (χ3n) is 3.83. The Balaban J connectivity index is 1.88. The lowest BCUT2D eigenvalue weighted by Gasteiger charge is -2.33. The number of carbonyl (C=O) groups excluding carboxylic acids is 1. The summed E-state index contributed by atoms with van der Waals surface area (Å²) in [6.07, 6.45) is 5.13. The van der Waals surface area contributed by atoms with E-state index in [-0.39, 0.29) is 5.91 Å². The Hall–Kier alpha value is -2.70. The Morgan fingerprint density at radius 2 is 2.14 bits per heavy atom. The van der Waals surface area contributed by atoms with Crippen LogP contribution in [0.1, 0.15) is 29.6 Å². The molecule has 0 bridgehead atoms. The number of carboxylic acid groups (broad SMARTS) is 1. The van der Waals surface area contributed by atoms with E-state index in [2.05, 4.69) is 10.1 Å². The van der Waals surface area contributed by atoms with E-state index in [1.165, 1.54) is 11.2 Å². The minimum absolute atomic E-state index is 0.255. The number of benzene rings is 1. The van der Waals surface area contributed by atoms with Crippen LogP contribution in [0.4, 0.5) is 0 Å². The van der Waals surface area contributed by atoms with Crippen LogP contribution in [0.15, 0.2) is 36.9 Å². The first-order valence-electron chi connectivity index (χ1n) is 7.15. The van der Waals surface area contributed by atoms with E-state index in [9.17, 15) is 14.7 Å². The van der Waals surface area contributed by atoms with Gasteiger partial charge < -0.3 is 10.0 Å². The number of carbonyl (C=O) groups is 2. The maximum absolute atomic E-state index is 12.7. The zero-order valence-corrected chi connectivity index (χ0v) is 11.9. The van der Waals surface area contributed by atoms with Crippen LogP contribution in [0.5, 0.6) is 0 Å². The molecule has 0 radical (unpaired) electrons. The number of hydrogen-bond donors (Lipinski definition) is 1. The van der Waals surface area contributed by atoms with Gasteiger partial charge in [-0.25, -0.2) is 14.5 Å². The summed E-state index contributed by atoms with van der Waals surface area (Å²) in [5, 5.41) is 13.3. The van der Waals surface area contributed by atoms with E-state index in [1.54, 1.807) is 29.2 Å². The van der Waals surface area contributed by atoms with Crippen molar-refractivity contribution in [1.29, 1.82) is 0 Å². The lowest BCUT2D eigenvalue weighted by atomic mass is 10.0. The van der Waals surface area contributed by atoms with Gasteiger partial charge in [0, 0.05) is 12.1 Å². The number of aromatic nitrogens is 3. The van der Waals surface area contributed by atoms with Crippen LogP contribution in [-0.4, -0.2) is 49.2 Å². The summed E-state index contributed by atoms with van der Waals surface area (Å²) in [5.74, 6) is -1.20. The molecule has 0 aliphatic carbocycles. The van der Waals surface area contributed by atoms with Crippen molar-refractivity contribution in [2.45, 2.75) is 25.3 Å². The van der Waals surface area contributed by atoms with Gasteiger partial charge >= 0.3 is 5.97 Å². The molecule has 1 aromatic carbocycles. The number of nitrogens with zero attached hydrogens (tertiary/aromatic N) is 4. The molecule has 0 saturated carbocycles. The number of piperidine rings is 1. The van der Waals surface area contributed by atoms with Crippen LogP contribution in [0, 0.1) is 0 Å². The molecule has 0 unspecified atom stereocenters. The molecular formula is C15H16N4O3. The number of aliphatic carboxylic acids is 1. The quantitative estimate of drug-likeness (QED) is 0.924. The topological polar surface area (TPSA) is 88.3 Å². The van der Waals surface area contributed by atoms with Gasteiger partial charge in [-0.2, -0.15) is 5.10 Å². The van der Waals surface area contributed by atoms with Crippen LogP contribution >= 0.6 is 0 Å². The molecule has 1 N–H and O–H groups in total. The summed E-state index contributed by atoms with van der Waals surface area (Å²) < 4.78 is 1.56. The standard InChI is InChI=1S/C15H16N4O3/c20-14(18-7-2-1-6-13(18)15(21)22)11-4-3-5-12(8-11)19-10-16-9-17-19/h3-5,8-10,13H,1-2,6-7H2,(H,21,22)/t13-/m0/s1. The molecule has 1 atom stereocenters. The molecule has 1 aliphatic heterocycles. The molecule has 0 spiro atoms. The van der Waals surface area contributed by atoms with Gasteiger partial charge in [-0.3, -0.25) is 4.79 Å². The average molecular weight is 300 g/mol. The van der Waals surface area contributed by atoms with Crippen molar-refractivity contribution in [2.75, 3.05) is 6.54 Å². The average Bonchev–Trinajstić information content (AvgIpc) is 3.09. The molecular weight excluding hydrogens is 284 g/mol. The van der Waals surface area contributed by atoms with E-state index in [1.807, 2.05) is 6.07 Å². The van der Waals surface area contributed by atoms with Gasteiger partial charge in [0.2, 0.25) is 0 Å². The third kappa shape index (κ3) is 2.69. The maximum atomic E-state index is 12.7. The molecule has 2 heterocycles. The van der Waals surface area contributed by atoms with Crippen molar-refractivity contribution in [3.8, 4) is 5.69 Å². The van der Waals surface area contributed by atoms with Crippen molar-refractivity contribution >= 4 is 11.9 Å². The number of hydrogen-bond acceptors (Lipinski definition) is 4. The molecule has 1 aromatic heterocycles. The first kappa shape index (κ1) is 14.2. The van der Waals surface area contributed by atoms with Gasteiger partial charge in [0.15, 0.2) is 0 Å². The summed E-state index contributed by atoms with van der Waals surface area (Å²) in [7, 11) is 0. The van der Waals surface area contributed by atoms with Gasteiger partial charge in [-0.15, -0.1) is 0 Å². The monoisotopic (exact) mass is 300 g/mol. The highest BCUT2D eigenvalue weighted by Crippen LogP contribution is 2.21. The fraction of sp³-hybridized carbons (Fsp3) is 0.333. The van der Waals surface area contributed by atoms with Crippen molar-refractivity contribution in [3.05, 3.63) is 42.5 Å². The van der Waals surface area contributed by atoms with Crippen molar-refractivity contribution in [2.24, 2.45) is 0 Å². The van der Waals surface area contributed by atoms with Gasteiger partial charge in [-0.05, 0) is 37.5 Å². The van der Waals surface area contributed by atoms with Gasteiger partial charge in [-0.1, -0.05) is 6.07 Å². The first-order chi connectivity index (χ1) is 10.7. The lowest BCUT2D eigenvalue weighted by Crippen LogP contribution is -2.48. The predicted octanol–water partition coefficient (Wildman–Crippen LogP) is 1.35. The van der Waals surface area contributed by atoms with Crippen LogP contribution in [0.3, 0.4) is 0 Å². The molecule has 22 heavy (non-hydrogen) atoms. The summed E-state index contributed by atoms with van der Waals surface area (Å²) in [6, 6.07) is 6.22. The zero-order valence-electron chi connectivity index (χ0n) is 11.9. The molecule has 1 amide bonds. The summed E-state index contributed by atoms with van der Waals surface area (Å²) >= 11 is 0. The fourth-order valence-corrected chi connectivity index (χ4v) is 2.72. The van der Waals surface area contributed by atoms with Crippen LogP contribution in [0.25, 0.3) is 5.69 Å². The molecule has 2 aromatic rings. The zero-order chi connectivity index (χ0) is 15.5. The smallest absolute Gasteiger partial charge is 0.326 e. The fourth-order valence-electron chi connectivity index (χ4n) is 2.72. The summed E-state index contributed by atoms with van der Waals surface area (Å²) in [4.78, 5) is 29.3. The van der Waals surface area contributed by atoms with Crippen LogP contribution in [0.2, 0.25) is 0 Å². The minimum Gasteiger partial charge on any atom is -0.480 e. The van der Waals surface area contributed by atoms with Gasteiger partial charge in [0.05, 0.1) is 5.69 Å². The molecule has 7 heteroatoms. The Labute approximate surface area is 127 Å². The van der Waals surface area contributed by atoms with Crippen LogP contribution < -0.4 is 0 Å². The second-order valence-corrected chi connectivity index (χ2v) is 5.24. The predicted molar refractivity (Wildman–Crippen MR) is 77.7 cm³/mol. The van der Waals surface area contributed by atoms with Crippen molar-refractivity contribution in [3.63, 3.8) is 0 Å². The largest absolute Gasteiger partial charge is 0.480 e. The van der Waals surface area contributed by atoms with E-state index in [0.29, 0.717) is 24.2 Å². The molecule has 114 valence electrons. The third-order valence-corrected chi connectivity index (χ3v) is 3.83. The highest BCUT2D eigenvalue weighted by atomic mass is 16.4. The Bertz CT molecular complexity index is 684. The number of carboxylic acids is 1.